The molecule has 0 bridgehead atoms. The number of allylic oxidation sites excluding steroid dienone is 5. The molecule has 1 aliphatic rings. The average molecular weight is 484 g/mol. The minimum absolute atomic E-state index is 0. The van der Waals surface area contributed by atoms with Crippen LogP contribution in [0.1, 0.15) is 66.2 Å². The van der Waals surface area contributed by atoms with Gasteiger partial charge in [0, 0.05) is 12.6 Å². The van der Waals surface area contributed by atoms with Crippen molar-refractivity contribution in [2.75, 3.05) is 13.1 Å². The second kappa shape index (κ2) is 17.0. The molecular formula is C26H38NNaO6. The minimum Gasteiger partial charge on any atom is -0.548 e. The van der Waals surface area contributed by atoms with E-state index in [4.69, 9.17) is 0 Å². The van der Waals surface area contributed by atoms with E-state index in [1.165, 1.54) is 23.5 Å². The third-order valence-corrected chi connectivity index (χ3v) is 5.67. The summed E-state index contributed by atoms with van der Waals surface area (Å²) in [5.74, 6) is -1.54. The molecule has 8 heteroatoms. The number of carbonyl (C=O) groups excluding carboxylic acids is 3. The number of nitrogens with zero attached hydrogens (tertiary/aromatic N) is 1. The van der Waals surface area contributed by atoms with Crippen molar-refractivity contribution in [2.45, 2.75) is 78.4 Å². The molecule has 1 heterocycles. The maximum Gasteiger partial charge on any atom is 1.00 e. The summed E-state index contributed by atoms with van der Waals surface area (Å²) in [5.41, 5.74) is 3.16. The number of aliphatic hydroxyl groups excluding tert-OH is 2. The van der Waals surface area contributed by atoms with Gasteiger partial charge in [0.15, 0.2) is 5.78 Å². The maximum absolute atomic E-state index is 11.7. The molecule has 0 spiro atoms. The molecule has 1 rings (SSSR count). The molecule has 1 aliphatic heterocycles. The Kier molecular flexibility index (Phi) is 16.3. The van der Waals surface area contributed by atoms with Crippen LogP contribution in [-0.4, -0.2) is 58.1 Å². The fraction of sp³-hybridized carbons (Fsp3) is 0.577. The predicted molar refractivity (Wildman–Crippen MR) is 126 cm³/mol. The first-order valence-corrected chi connectivity index (χ1v) is 11.5. The number of ketones is 1. The Bertz CT molecular complexity index is 814. The molecule has 0 saturated carbocycles. The van der Waals surface area contributed by atoms with Crippen LogP contribution in [0.15, 0.2) is 47.1 Å². The maximum atomic E-state index is 11.7. The van der Waals surface area contributed by atoms with Crippen molar-refractivity contribution in [3.63, 3.8) is 0 Å². The van der Waals surface area contributed by atoms with Gasteiger partial charge >= 0.3 is 29.6 Å². The summed E-state index contributed by atoms with van der Waals surface area (Å²) in [5, 5.41) is 30.1. The van der Waals surface area contributed by atoms with Crippen molar-refractivity contribution in [3.05, 3.63) is 47.1 Å². The standard InChI is InChI=1S/C26H39NO6.Na/c1-18(10-6-12-20(3)14-23(29)26(33)21(4)28)8-5-9-19(2)11-7-13-22-15-24(30)27(16-22)17-25(31)32;/h5,8-9,12,15,18,23,26,29,33H,6-7,10-11,13-14,16-17H2,1-4H3,(H,31,32);/q;+1/p-1/b8-5+,19-9+,20-12-;. The zero-order chi connectivity index (χ0) is 25.0. The van der Waals surface area contributed by atoms with E-state index >= 15 is 0 Å². The fourth-order valence-electron chi connectivity index (χ4n) is 3.65. The summed E-state index contributed by atoms with van der Waals surface area (Å²) in [6, 6.07) is 0. The van der Waals surface area contributed by atoms with E-state index < -0.39 is 24.0 Å². The van der Waals surface area contributed by atoms with Crippen LogP contribution < -0.4 is 34.7 Å². The third kappa shape index (κ3) is 13.4. The van der Waals surface area contributed by atoms with Gasteiger partial charge < -0.3 is 25.0 Å². The normalized spacial score (nSPS) is 17.4. The van der Waals surface area contributed by atoms with Crippen LogP contribution in [0.5, 0.6) is 0 Å². The Hall–Kier alpha value is -1.51. The van der Waals surface area contributed by atoms with Crippen molar-refractivity contribution >= 4 is 17.7 Å². The number of hydrogen-bond acceptors (Lipinski definition) is 6. The van der Waals surface area contributed by atoms with Gasteiger partial charge in [-0.25, -0.2) is 0 Å². The zero-order valence-electron chi connectivity index (χ0n) is 21.3. The number of Topliss-reactive ketones (excluding diaryl/α,β-unsaturated/α-hetero) is 1. The van der Waals surface area contributed by atoms with E-state index in [0.717, 1.165) is 43.3 Å². The first kappa shape index (κ1) is 32.5. The van der Waals surface area contributed by atoms with Crippen molar-refractivity contribution in [1.29, 1.82) is 0 Å². The summed E-state index contributed by atoms with van der Waals surface area (Å²) in [7, 11) is 0. The Labute approximate surface area is 225 Å². The van der Waals surface area contributed by atoms with Gasteiger partial charge in [0.1, 0.15) is 6.10 Å². The van der Waals surface area contributed by atoms with Crippen LogP contribution in [-0.2, 0) is 14.4 Å². The van der Waals surface area contributed by atoms with E-state index in [-0.39, 0.29) is 48.4 Å². The Morgan fingerprint density at radius 2 is 1.88 bits per heavy atom. The minimum atomic E-state index is -1.33. The first-order chi connectivity index (χ1) is 15.5. The van der Waals surface area contributed by atoms with Gasteiger partial charge in [0.2, 0.25) is 5.91 Å². The van der Waals surface area contributed by atoms with Crippen molar-refractivity contribution in [2.24, 2.45) is 5.92 Å². The smallest absolute Gasteiger partial charge is 0.548 e. The van der Waals surface area contributed by atoms with Gasteiger partial charge in [-0.1, -0.05) is 42.4 Å². The molecule has 3 unspecified atom stereocenters. The molecule has 0 saturated heterocycles. The molecule has 0 fully saturated rings. The van der Waals surface area contributed by atoms with Crippen molar-refractivity contribution in [1.82, 2.24) is 4.90 Å². The van der Waals surface area contributed by atoms with Gasteiger partial charge in [-0.2, -0.15) is 0 Å². The van der Waals surface area contributed by atoms with Crippen LogP contribution in [0.3, 0.4) is 0 Å². The van der Waals surface area contributed by atoms with Gasteiger partial charge in [0.25, 0.3) is 0 Å². The molecule has 0 aromatic heterocycles. The van der Waals surface area contributed by atoms with Gasteiger partial charge in [-0.05, 0) is 70.8 Å². The van der Waals surface area contributed by atoms with E-state index in [1.807, 2.05) is 13.0 Å². The summed E-state index contributed by atoms with van der Waals surface area (Å²) >= 11 is 0. The molecule has 3 atom stereocenters. The van der Waals surface area contributed by atoms with Gasteiger partial charge in [0.05, 0.1) is 18.6 Å². The van der Waals surface area contributed by atoms with Crippen molar-refractivity contribution < 1.29 is 59.3 Å². The number of rotatable bonds is 15. The molecule has 34 heavy (non-hydrogen) atoms. The molecule has 0 aromatic carbocycles. The number of carboxylic acid groups (broad SMARTS) is 1. The number of amides is 1. The molecule has 184 valence electrons. The van der Waals surface area contributed by atoms with Crippen LogP contribution in [0.2, 0.25) is 0 Å². The number of carbonyl (C=O) groups is 3. The number of carboxylic acids is 1. The van der Waals surface area contributed by atoms with Crippen LogP contribution >= 0.6 is 0 Å². The molecule has 7 nitrogen and oxygen atoms in total. The van der Waals surface area contributed by atoms with Gasteiger partial charge in [-0.15, -0.1) is 0 Å². The SMILES string of the molecule is CC(=O)C(O)C(O)C/C(C)=C\CCC(C)/C=C/C=C(\C)CCCC1=CC(=O)N(CC(=O)[O-])C1.[Na+]. The summed E-state index contributed by atoms with van der Waals surface area (Å²) in [4.78, 5) is 34.8. The molecule has 1 amide bonds. The monoisotopic (exact) mass is 483 g/mol. The Balaban J connectivity index is 0.0000109. The predicted octanol–water partition coefficient (Wildman–Crippen LogP) is -0.755. The van der Waals surface area contributed by atoms with E-state index in [2.05, 4.69) is 32.1 Å². The fourth-order valence-corrected chi connectivity index (χ4v) is 3.65. The molecule has 0 aromatic rings. The first-order valence-electron chi connectivity index (χ1n) is 11.5. The molecule has 0 radical (unpaired) electrons. The Morgan fingerprint density at radius 1 is 1.21 bits per heavy atom. The summed E-state index contributed by atoms with van der Waals surface area (Å²) < 4.78 is 0. The quantitative estimate of drug-likeness (QED) is 0.180. The molecule has 0 aliphatic carbocycles. The second-order valence-corrected chi connectivity index (χ2v) is 9.05. The number of aliphatic carboxylic acids is 1. The Morgan fingerprint density at radius 3 is 2.50 bits per heavy atom. The van der Waals surface area contributed by atoms with Crippen LogP contribution in [0.25, 0.3) is 0 Å². The second-order valence-electron chi connectivity index (χ2n) is 9.05. The van der Waals surface area contributed by atoms with E-state index in [9.17, 15) is 29.7 Å². The summed E-state index contributed by atoms with van der Waals surface area (Å²) in [6.45, 7) is 7.37. The van der Waals surface area contributed by atoms with Gasteiger partial charge in [-0.3, -0.25) is 9.59 Å². The molecular weight excluding hydrogens is 445 g/mol. The molecule has 2 N–H and O–H groups in total. The van der Waals surface area contributed by atoms with Crippen molar-refractivity contribution in [3.8, 4) is 0 Å². The largest absolute Gasteiger partial charge is 1.00 e. The zero-order valence-corrected chi connectivity index (χ0v) is 23.3. The van der Waals surface area contributed by atoms with E-state index in [1.54, 1.807) is 0 Å². The topological polar surface area (TPSA) is 118 Å². The van der Waals surface area contributed by atoms with Crippen LogP contribution in [0, 0.1) is 5.92 Å². The van der Waals surface area contributed by atoms with Crippen LogP contribution in [0.4, 0.5) is 0 Å². The third-order valence-electron chi connectivity index (χ3n) is 5.67. The average Bonchev–Trinajstić information content (AvgIpc) is 3.05. The van der Waals surface area contributed by atoms with E-state index in [0.29, 0.717) is 12.5 Å². The summed E-state index contributed by atoms with van der Waals surface area (Å²) in [6.07, 6.45) is 12.2. The number of aliphatic hydroxyl groups is 2. The number of hydrogen-bond donors (Lipinski definition) is 2.